The maximum absolute atomic E-state index is 12.2. The molecule has 0 unspecified atom stereocenters. The van der Waals surface area contributed by atoms with Gasteiger partial charge in [0.25, 0.3) is 5.91 Å². The quantitative estimate of drug-likeness (QED) is 0.860. The van der Waals surface area contributed by atoms with Gasteiger partial charge in [-0.05, 0) is 61.7 Å². The lowest BCUT2D eigenvalue weighted by atomic mass is 10.1. The Labute approximate surface area is 158 Å². The third kappa shape index (κ3) is 4.27. The number of nitrogens with one attached hydrogen (secondary N) is 1. The topological polar surface area (TPSA) is 65.4 Å². The van der Waals surface area contributed by atoms with Gasteiger partial charge in [0.05, 0.1) is 16.7 Å². The van der Waals surface area contributed by atoms with Gasteiger partial charge in [0.15, 0.2) is 6.61 Å². The fourth-order valence-electron chi connectivity index (χ4n) is 2.98. The van der Waals surface area contributed by atoms with E-state index in [0.29, 0.717) is 16.3 Å². The monoisotopic (exact) mass is 369 g/mol. The van der Waals surface area contributed by atoms with Crippen LogP contribution in [0, 0.1) is 18.3 Å². The number of carbonyl (C=O) groups excluding carboxylic acids is 1. The number of amides is 1. The van der Waals surface area contributed by atoms with Crippen LogP contribution >= 0.6 is 11.6 Å². The Morgan fingerprint density at radius 3 is 2.69 bits per heavy atom. The van der Waals surface area contributed by atoms with Crippen molar-refractivity contribution >= 4 is 28.9 Å². The molecule has 134 valence electrons. The summed E-state index contributed by atoms with van der Waals surface area (Å²) in [5.74, 6) is 0.115. The smallest absolute Gasteiger partial charge is 0.262 e. The molecule has 1 heterocycles. The lowest BCUT2D eigenvalue weighted by Crippen LogP contribution is -2.21. The van der Waals surface area contributed by atoms with E-state index in [-0.39, 0.29) is 12.5 Å². The van der Waals surface area contributed by atoms with Crippen molar-refractivity contribution in [2.45, 2.75) is 19.8 Å². The maximum atomic E-state index is 12.2. The number of anilines is 2. The molecule has 0 aliphatic carbocycles. The van der Waals surface area contributed by atoms with E-state index in [1.54, 1.807) is 12.1 Å². The van der Waals surface area contributed by atoms with E-state index >= 15 is 0 Å². The highest BCUT2D eigenvalue weighted by Crippen LogP contribution is 2.27. The highest BCUT2D eigenvalue weighted by molar-refractivity contribution is 6.32. The molecular weight excluding hydrogens is 350 g/mol. The van der Waals surface area contributed by atoms with E-state index in [2.05, 4.69) is 16.3 Å². The van der Waals surface area contributed by atoms with Gasteiger partial charge in [0, 0.05) is 24.5 Å². The van der Waals surface area contributed by atoms with Crippen LogP contribution in [-0.2, 0) is 4.79 Å². The summed E-state index contributed by atoms with van der Waals surface area (Å²) in [6.45, 7) is 4.00. The van der Waals surface area contributed by atoms with Crippen LogP contribution in [0.2, 0.25) is 5.02 Å². The Morgan fingerprint density at radius 2 is 2.04 bits per heavy atom. The summed E-state index contributed by atoms with van der Waals surface area (Å²) in [4.78, 5) is 14.5. The van der Waals surface area contributed by atoms with Crippen molar-refractivity contribution in [1.29, 1.82) is 5.26 Å². The summed E-state index contributed by atoms with van der Waals surface area (Å²) in [7, 11) is 0. The molecule has 0 aromatic heterocycles. The standard InChI is InChI=1S/C20H20ClN3O2/c1-14-10-16(24-8-2-3-9-24)5-6-18(14)23-20(25)13-26-19-7-4-15(12-22)11-17(19)21/h4-7,10-11H,2-3,8-9,13H2,1H3,(H,23,25). The molecule has 5 nitrogen and oxygen atoms in total. The molecule has 1 N–H and O–H groups in total. The number of carbonyl (C=O) groups is 1. The number of aryl methyl sites for hydroxylation is 1. The van der Waals surface area contributed by atoms with Gasteiger partial charge in [0.1, 0.15) is 5.75 Å². The first-order valence-corrected chi connectivity index (χ1v) is 8.92. The first-order valence-electron chi connectivity index (χ1n) is 8.55. The fraction of sp³-hybridized carbons (Fsp3) is 0.300. The van der Waals surface area contributed by atoms with Gasteiger partial charge >= 0.3 is 0 Å². The van der Waals surface area contributed by atoms with Gasteiger partial charge in [-0.1, -0.05) is 11.6 Å². The third-order valence-corrected chi connectivity index (χ3v) is 4.67. The first-order chi connectivity index (χ1) is 12.6. The molecule has 0 spiro atoms. The van der Waals surface area contributed by atoms with E-state index in [9.17, 15) is 4.79 Å². The zero-order valence-electron chi connectivity index (χ0n) is 14.6. The number of hydrogen-bond acceptors (Lipinski definition) is 4. The van der Waals surface area contributed by atoms with Crippen molar-refractivity contribution in [1.82, 2.24) is 0 Å². The van der Waals surface area contributed by atoms with Crippen molar-refractivity contribution < 1.29 is 9.53 Å². The van der Waals surface area contributed by atoms with Gasteiger partial charge in [-0.25, -0.2) is 0 Å². The van der Waals surface area contributed by atoms with E-state index in [4.69, 9.17) is 21.6 Å². The van der Waals surface area contributed by atoms with E-state index in [0.717, 1.165) is 24.3 Å². The zero-order chi connectivity index (χ0) is 18.5. The predicted molar refractivity (Wildman–Crippen MR) is 103 cm³/mol. The number of nitriles is 1. The Hall–Kier alpha value is -2.71. The van der Waals surface area contributed by atoms with E-state index < -0.39 is 0 Å². The number of hydrogen-bond donors (Lipinski definition) is 1. The second-order valence-corrected chi connectivity index (χ2v) is 6.69. The molecule has 1 amide bonds. The minimum absolute atomic E-state index is 0.154. The molecule has 1 aliphatic rings. The average molecular weight is 370 g/mol. The molecular formula is C20H20ClN3O2. The van der Waals surface area contributed by atoms with E-state index in [1.807, 2.05) is 25.1 Å². The van der Waals surface area contributed by atoms with Gasteiger partial charge in [-0.15, -0.1) is 0 Å². The Balaban J connectivity index is 1.59. The van der Waals surface area contributed by atoms with Crippen molar-refractivity contribution in [3.05, 3.63) is 52.5 Å². The summed E-state index contributed by atoms with van der Waals surface area (Å²) in [6, 6.07) is 12.8. The Bertz CT molecular complexity index is 855. The van der Waals surface area contributed by atoms with Gasteiger partial charge < -0.3 is 15.0 Å². The van der Waals surface area contributed by atoms with Crippen LogP contribution in [0.4, 0.5) is 11.4 Å². The van der Waals surface area contributed by atoms with Crippen LogP contribution in [-0.4, -0.2) is 25.6 Å². The second-order valence-electron chi connectivity index (χ2n) is 6.29. The molecule has 1 fully saturated rings. The minimum Gasteiger partial charge on any atom is -0.482 e. The lowest BCUT2D eigenvalue weighted by molar-refractivity contribution is -0.118. The Morgan fingerprint density at radius 1 is 1.27 bits per heavy atom. The largest absolute Gasteiger partial charge is 0.482 e. The molecule has 1 aliphatic heterocycles. The normalized spacial score (nSPS) is 13.3. The molecule has 2 aromatic rings. The molecule has 3 rings (SSSR count). The zero-order valence-corrected chi connectivity index (χ0v) is 15.3. The molecule has 2 aromatic carbocycles. The van der Waals surface area contributed by atoms with Crippen molar-refractivity contribution in [3.63, 3.8) is 0 Å². The minimum atomic E-state index is -0.262. The summed E-state index contributed by atoms with van der Waals surface area (Å²) in [6.07, 6.45) is 2.46. The van der Waals surface area contributed by atoms with Crippen LogP contribution in [0.15, 0.2) is 36.4 Å². The van der Waals surface area contributed by atoms with Gasteiger partial charge in [-0.2, -0.15) is 5.26 Å². The summed E-state index contributed by atoms with van der Waals surface area (Å²) in [5, 5.41) is 12.0. The molecule has 0 radical (unpaired) electrons. The predicted octanol–water partition coefficient (Wildman–Crippen LogP) is 4.14. The molecule has 1 saturated heterocycles. The number of nitrogens with zero attached hydrogens (tertiary/aromatic N) is 2. The molecule has 26 heavy (non-hydrogen) atoms. The van der Waals surface area contributed by atoms with Crippen LogP contribution in [0.3, 0.4) is 0 Å². The SMILES string of the molecule is Cc1cc(N2CCCC2)ccc1NC(=O)COc1ccc(C#N)cc1Cl. The van der Waals surface area contributed by atoms with E-state index in [1.165, 1.54) is 24.6 Å². The molecule has 0 bridgehead atoms. The van der Waals surface area contributed by atoms with Crippen molar-refractivity contribution in [3.8, 4) is 11.8 Å². The van der Waals surface area contributed by atoms with Crippen LogP contribution < -0.4 is 15.0 Å². The van der Waals surface area contributed by atoms with Crippen molar-refractivity contribution in [2.75, 3.05) is 29.9 Å². The summed E-state index contributed by atoms with van der Waals surface area (Å²) in [5.41, 5.74) is 3.42. The summed E-state index contributed by atoms with van der Waals surface area (Å²) >= 11 is 6.04. The van der Waals surface area contributed by atoms with Crippen LogP contribution in [0.5, 0.6) is 5.75 Å². The van der Waals surface area contributed by atoms with Crippen LogP contribution in [0.1, 0.15) is 24.0 Å². The maximum Gasteiger partial charge on any atom is 0.262 e. The molecule has 0 saturated carbocycles. The second kappa shape index (κ2) is 8.11. The summed E-state index contributed by atoms with van der Waals surface area (Å²) < 4.78 is 5.45. The van der Waals surface area contributed by atoms with Crippen LogP contribution in [0.25, 0.3) is 0 Å². The first kappa shape index (κ1) is 18.1. The number of halogens is 1. The van der Waals surface area contributed by atoms with Gasteiger partial charge in [0.2, 0.25) is 0 Å². The highest BCUT2D eigenvalue weighted by atomic mass is 35.5. The average Bonchev–Trinajstić information content (AvgIpc) is 3.17. The number of ether oxygens (including phenoxy) is 1. The van der Waals surface area contributed by atoms with Crippen molar-refractivity contribution in [2.24, 2.45) is 0 Å². The number of rotatable bonds is 5. The highest BCUT2D eigenvalue weighted by Gasteiger charge is 2.14. The Kier molecular flexibility index (Phi) is 5.65. The fourth-order valence-corrected chi connectivity index (χ4v) is 3.21. The molecule has 0 atom stereocenters. The molecule has 6 heteroatoms. The number of benzene rings is 2. The lowest BCUT2D eigenvalue weighted by Gasteiger charge is -2.19. The van der Waals surface area contributed by atoms with Gasteiger partial charge in [-0.3, -0.25) is 4.79 Å². The third-order valence-electron chi connectivity index (χ3n) is 4.38.